The molecule has 7 heteroatoms. The molecular formula is C22H29F3N4. The van der Waals surface area contributed by atoms with Gasteiger partial charge in [0.25, 0.3) is 0 Å². The predicted octanol–water partition coefficient (Wildman–Crippen LogP) is 3.96. The summed E-state index contributed by atoms with van der Waals surface area (Å²) in [6.45, 7) is 9.44. The highest BCUT2D eigenvalue weighted by atomic mass is 19.4. The van der Waals surface area contributed by atoms with Crippen molar-refractivity contribution in [3.8, 4) is 0 Å². The largest absolute Gasteiger partial charge is 0.418 e. The van der Waals surface area contributed by atoms with Crippen LogP contribution in [0.25, 0.3) is 10.9 Å². The van der Waals surface area contributed by atoms with Crippen LogP contribution < -0.4 is 4.90 Å². The lowest BCUT2D eigenvalue weighted by Crippen LogP contribution is -2.49. The molecule has 2 aliphatic rings. The van der Waals surface area contributed by atoms with Crippen molar-refractivity contribution in [2.24, 2.45) is 11.8 Å². The van der Waals surface area contributed by atoms with Crippen molar-refractivity contribution < 1.29 is 13.2 Å². The van der Waals surface area contributed by atoms with E-state index in [2.05, 4.69) is 33.7 Å². The highest BCUT2D eigenvalue weighted by Crippen LogP contribution is 2.39. The van der Waals surface area contributed by atoms with E-state index < -0.39 is 11.7 Å². The van der Waals surface area contributed by atoms with Gasteiger partial charge < -0.3 is 14.7 Å². The van der Waals surface area contributed by atoms with Gasteiger partial charge in [-0.15, -0.1) is 0 Å². The van der Waals surface area contributed by atoms with Crippen LogP contribution in [-0.2, 0) is 6.18 Å². The molecular weight excluding hydrogens is 377 g/mol. The summed E-state index contributed by atoms with van der Waals surface area (Å²) in [5, 5.41) is 0.592. The molecule has 2 aliphatic heterocycles. The van der Waals surface area contributed by atoms with E-state index in [9.17, 15) is 13.2 Å². The maximum atomic E-state index is 13.4. The summed E-state index contributed by atoms with van der Waals surface area (Å²) in [6, 6.07) is 6.32. The Bertz CT molecular complexity index is 846. The zero-order chi connectivity index (χ0) is 20.6. The number of fused-ring (bicyclic) bond motifs is 1. The summed E-state index contributed by atoms with van der Waals surface area (Å²) in [4.78, 5) is 11.2. The van der Waals surface area contributed by atoms with Gasteiger partial charge in [0.1, 0.15) is 0 Å². The number of halogens is 3. The van der Waals surface area contributed by atoms with Gasteiger partial charge in [0.15, 0.2) is 0 Å². The van der Waals surface area contributed by atoms with Crippen molar-refractivity contribution in [1.29, 1.82) is 0 Å². The lowest BCUT2D eigenvalue weighted by atomic mass is 9.89. The Hall–Kier alpha value is -1.86. The van der Waals surface area contributed by atoms with E-state index in [1.807, 2.05) is 0 Å². The first kappa shape index (κ1) is 20.4. The van der Waals surface area contributed by atoms with Crippen LogP contribution in [-0.4, -0.2) is 67.6 Å². The second-order valence-corrected chi connectivity index (χ2v) is 8.75. The molecule has 0 spiro atoms. The molecule has 2 atom stereocenters. The van der Waals surface area contributed by atoms with Gasteiger partial charge in [-0.05, 0) is 49.6 Å². The van der Waals surface area contributed by atoms with E-state index >= 15 is 0 Å². The molecule has 1 aromatic carbocycles. The average Bonchev–Trinajstić information content (AvgIpc) is 2.67. The lowest BCUT2D eigenvalue weighted by Gasteiger charge is -2.41. The first-order chi connectivity index (χ1) is 13.8. The highest BCUT2D eigenvalue weighted by molar-refractivity contribution is 5.94. The lowest BCUT2D eigenvalue weighted by molar-refractivity contribution is -0.136. The number of hydrogen-bond donors (Lipinski definition) is 0. The molecule has 0 bridgehead atoms. The third kappa shape index (κ3) is 4.51. The second kappa shape index (κ2) is 8.11. The summed E-state index contributed by atoms with van der Waals surface area (Å²) >= 11 is 0. The fraction of sp³-hybridized carbons (Fsp3) is 0.591. The second-order valence-electron chi connectivity index (χ2n) is 8.75. The standard InChI is InChI=1S/C22H29F3N4/c1-16-12-17(14-28-10-8-27(2)9-11-28)15-29(13-16)20-6-5-19(22(23,24)25)21-18(20)4-3-7-26-21/h3-7,16-17H,8-15H2,1-2H3/t16-,17+/m1/s1. The predicted molar refractivity (Wildman–Crippen MR) is 110 cm³/mol. The van der Waals surface area contributed by atoms with E-state index in [-0.39, 0.29) is 5.52 Å². The van der Waals surface area contributed by atoms with Gasteiger partial charge in [0.05, 0.1) is 11.1 Å². The van der Waals surface area contributed by atoms with E-state index in [0.29, 0.717) is 17.2 Å². The molecule has 0 unspecified atom stereocenters. The maximum Gasteiger partial charge on any atom is 0.418 e. The zero-order valence-corrected chi connectivity index (χ0v) is 17.1. The highest BCUT2D eigenvalue weighted by Gasteiger charge is 2.35. The van der Waals surface area contributed by atoms with Gasteiger partial charge in [0, 0.05) is 63.1 Å². The van der Waals surface area contributed by atoms with E-state index in [0.717, 1.165) is 51.5 Å². The van der Waals surface area contributed by atoms with Crippen LogP contribution >= 0.6 is 0 Å². The van der Waals surface area contributed by atoms with Gasteiger partial charge in [-0.2, -0.15) is 13.2 Å². The van der Waals surface area contributed by atoms with Crippen LogP contribution in [0.2, 0.25) is 0 Å². The molecule has 0 saturated carbocycles. The molecule has 2 aromatic rings. The van der Waals surface area contributed by atoms with E-state index in [4.69, 9.17) is 0 Å². The Kier molecular flexibility index (Phi) is 5.71. The van der Waals surface area contributed by atoms with E-state index in [1.165, 1.54) is 18.7 Å². The van der Waals surface area contributed by atoms with Crippen LogP contribution in [0, 0.1) is 11.8 Å². The van der Waals surface area contributed by atoms with Crippen molar-refractivity contribution in [3.63, 3.8) is 0 Å². The SMILES string of the molecule is C[C@@H]1C[C@@H](CN2CCN(C)CC2)CN(c2ccc(C(F)(F)F)c3ncccc23)C1. The average molecular weight is 406 g/mol. The van der Waals surface area contributed by atoms with Crippen molar-refractivity contribution in [3.05, 3.63) is 36.0 Å². The maximum absolute atomic E-state index is 13.4. The Morgan fingerprint density at radius 2 is 1.83 bits per heavy atom. The van der Waals surface area contributed by atoms with Crippen LogP contribution in [0.4, 0.5) is 18.9 Å². The molecule has 1 aromatic heterocycles. The summed E-state index contributed by atoms with van der Waals surface area (Å²) < 4.78 is 40.3. The van der Waals surface area contributed by atoms with Crippen LogP contribution in [0.15, 0.2) is 30.5 Å². The first-order valence-electron chi connectivity index (χ1n) is 10.4. The monoisotopic (exact) mass is 406 g/mol. The molecule has 4 rings (SSSR count). The van der Waals surface area contributed by atoms with Gasteiger partial charge in [0.2, 0.25) is 0 Å². The molecule has 3 heterocycles. The Balaban J connectivity index is 1.58. The minimum atomic E-state index is -4.40. The number of hydrogen-bond acceptors (Lipinski definition) is 4. The molecule has 29 heavy (non-hydrogen) atoms. The summed E-state index contributed by atoms with van der Waals surface area (Å²) in [6.07, 6.45) is -1.79. The number of nitrogens with zero attached hydrogens (tertiary/aromatic N) is 4. The van der Waals surface area contributed by atoms with Crippen molar-refractivity contribution >= 4 is 16.6 Å². The number of pyridine rings is 1. The number of piperazine rings is 1. The molecule has 0 N–H and O–H groups in total. The van der Waals surface area contributed by atoms with Crippen LogP contribution in [0.1, 0.15) is 18.9 Å². The molecule has 2 saturated heterocycles. The summed E-state index contributed by atoms with van der Waals surface area (Å²) in [5.74, 6) is 1.03. The van der Waals surface area contributed by atoms with Crippen molar-refractivity contribution in [1.82, 2.24) is 14.8 Å². The third-order valence-electron chi connectivity index (χ3n) is 6.25. The van der Waals surface area contributed by atoms with Crippen molar-refractivity contribution in [2.45, 2.75) is 19.5 Å². The summed E-state index contributed by atoms with van der Waals surface area (Å²) in [7, 11) is 2.16. The molecule has 0 radical (unpaired) electrons. The molecule has 0 aliphatic carbocycles. The van der Waals surface area contributed by atoms with Crippen molar-refractivity contribution in [2.75, 3.05) is 57.8 Å². The number of benzene rings is 1. The zero-order valence-electron chi connectivity index (χ0n) is 17.1. The van der Waals surface area contributed by atoms with Gasteiger partial charge >= 0.3 is 6.18 Å². The third-order valence-corrected chi connectivity index (χ3v) is 6.25. The Morgan fingerprint density at radius 3 is 2.55 bits per heavy atom. The number of anilines is 1. The molecule has 4 nitrogen and oxygen atoms in total. The normalized spacial score (nSPS) is 24.9. The molecule has 2 fully saturated rings. The minimum absolute atomic E-state index is 0.0475. The van der Waals surface area contributed by atoms with Gasteiger partial charge in [-0.3, -0.25) is 4.98 Å². The minimum Gasteiger partial charge on any atom is -0.370 e. The Labute approximate surface area is 170 Å². The van der Waals surface area contributed by atoms with Crippen LogP contribution in [0.3, 0.4) is 0 Å². The van der Waals surface area contributed by atoms with Gasteiger partial charge in [-0.25, -0.2) is 0 Å². The smallest absolute Gasteiger partial charge is 0.370 e. The van der Waals surface area contributed by atoms with Gasteiger partial charge in [-0.1, -0.05) is 6.92 Å². The summed E-state index contributed by atoms with van der Waals surface area (Å²) in [5.41, 5.74) is 0.262. The first-order valence-corrected chi connectivity index (χ1v) is 10.4. The van der Waals surface area contributed by atoms with Crippen LogP contribution in [0.5, 0.6) is 0 Å². The number of likely N-dealkylation sites (N-methyl/N-ethyl adjacent to an activating group) is 1. The number of rotatable bonds is 3. The molecule has 0 amide bonds. The van der Waals surface area contributed by atoms with E-state index in [1.54, 1.807) is 18.2 Å². The number of alkyl halides is 3. The Morgan fingerprint density at radius 1 is 1.07 bits per heavy atom. The number of aromatic nitrogens is 1. The fourth-order valence-electron chi connectivity index (χ4n) is 4.87. The fourth-order valence-corrected chi connectivity index (χ4v) is 4.87. The molecule has 158 valence electrons. The number of piperidine rings is 1. The topological polar surface area (TPSA) is 22.6 Å². The quantitative estimate of drug-likeness (QED) is 0.770.